The van der Waals surface area contributed by atoms with Crippen LogP contribution in [0.15, 0.2) is 0 Å². The zero-order valence-corrected chi connectivity index (χ0v) is 10.7. The molecule has 0 spiro atoms. The monoisotopic (exact) mass is 256 g/mol. The fourth-order valence-electron chi connectivity index (χ4n) is 1.61. The van der Waals surface area contributed by atoms with Crippen LogP contribution in [0.1, 0.15) is 18.9 Å². The Morgan fingerprint density at radius 1 is 1.71 bits per heavy atom. The van der Waals surface area contributed by atoms with Crippen LogP contribution in [0.3, 0.4) is 0 Å². The molecule has 1 aliphatic rings. The average Bonchev–Trinajstić information content (AvgIpc) is 2.88. The third-order valence-electron chi connectivity index (χ3n) is 3.03. The number of hydrogen-bond donors (Lipinski definition) is 2. The SMILES string of the molecule is CCc1nnc(NC(=O)C2(C)COCC2N)s1. The van der Waals surface area contributed by atoms with Gasteiger partial charge in [-0.05, 0) is 13.3 Å². The van der Waals surface area contributed by atoms with Crippen LogP contribution in [0, 0.1) is 5.41 Å². The number of aryl methyl sites for hydroxylation is 1. The molecule has 1 saturated heterocycles. The Kier molecular flexibility index (Phi) is 3.41. The highest BCUT2D eigenvalue weighted by molar-refractivity contribution is 7.15. The maximum Gasteiger partial charge on any atom is 0.236 e. The van der Waals surface area contributed by atoms with E-state index in [1.54, 1.807) is 0 Å². The maximum atomic E-state index is 12.1. The van der Waals surface area contributed by atoms with Crippen molar-refractivity contribution in [2.45, 2.75) is 26.3 Å². The summed E-state index contributed by atoms with van der Waals surface area (Å²) in [5.74, 6) is -0.152. The summed E-state index contributed by atoms with van der Waals surface area (Å²) in [6.07, 6.45) is 0.813. The minimum atomic E-state index is -0.682. The van der Waals surface area contributed by atoms with Crippen molar-refractivity contribution < 1.29 is 9.53 Å². The first-order valence-corrected chi connectivity index (χ1v) is 6.35. The van der Waals surface area contributed by atoms with Gasteiger partial charge in [-0.3, -0.25) is 10.1 Å². The summed E-state index contributed by atoms with van der Waals surface area (Å²) in [6.45, 7) is 4.57. The molecule has 0 saturated carbocycles. The van der Waals surface area contributed by atoms with Crippen molar-refractivity contribution in [1.82, 2.24) is 10.2 Å². The van der Waals surface area contributed by atoms with Crippen LogP contribution in [0.2, 0.25) is 0 Å². The molecule has 0 aliphatic carbocycles. The Bertz CT molecular complexity index is 422. The van der Waals surface area contributed by atoms with Gasteiger partial charge in [-0.25, -0.2) is 0 Å². The maximum absolute atomic E-state index is 12.1. The van der Waals surface area contributed by atoms with Gasteiger partial charge < -0.3 is 10.5 Å². The second kappa shape index (κ2) is 4.67. The van der Waals surface area contributed by atoms with Gasteiger partial charge >= 0.3 is 0 Å². The van der Waals surface area contributed by atoms with E-state index < -0.39 is 5.41 Å². The van der Waals surface area contributed by atoms with Gasteiger partial charge in [0.25, 0.3) is 0 Å². The van der Waals surface area contributed by atoms with Crippen molar-refractivity contribution in [3.05, 3.63) is 5.01 Å². The summed E-state index contributed by atoms with van der Waals surface area (Å²) in [6, 6.07) is -0.277. The highest BCUT2D eigenvalue weighted by atomic mass is 32.1. The molecule has 2 unspecified atom stereocenters. The predicted octanol–water partition coefficient (Wildman–Crippen LogP) is 0.403. The summed E-state index contributed by atoms with van der Waals surface area (Å²) in [5, 5.41) is 12.0. The van der Waals surface area contributed by atoms with Crippen LogP contribution in [-0.2, 0) is 16.0 Å². The molecule has 94 valence electrons. The molecule has 1 aromatic rings. The van der Waals surface area contributed by atoms with Crippen LogP contribution in [0.4, 0.5) is 5.13 Å². The van der Waals surface area contributed by atoms with Gasteiger partial charge in [0.05, 0.1) is 18.6 Å². The van der Waals surface area contributed by atoms with Crippen LogP contribution in [0.5, 0.6) is 0 Å². The average molecular weight is 256 g/mol. The van der Waals surface area contributed by atoms with E-state index in [2.05, 4.69) is 15.5 Å². The van der Waals surface area contributed by atoms with E-state index in [9.17, 15) is 4.79 Å². The molecule has 1 fully saturated rings. The fourth-order valence-corrected chi connectivity index (χ4v) is 2.28. The highest BCUT2D eigenvalue weighted by Crippen LogP contribution is 2.29. The number of nitrogens with one attached hydrogen (secondary N) is 1. The molecule has 0 radical (unpaired) electrons. The molecule has 1 amide bonds. The molecule has 2 rings (SSSR count). The Morgan fingerprint density at radius 3 is 3.00 bits per heavy atom. The first kappa shape index (κ1) is 12.4. The van der Waals surface area contributed by atoms with Gasteiger partial charge in [0.15, 0.2) is 0 Å². The third-order valence-corrected chi connectivity index (χ3v) is 4.01. The second-order valence-electron chi connectivity index (χ2n) is 4.35. The summed E-state index contributed by atoms with van der Waals surface area (Å²) >= 11 is 1.38. The van der Waals surface area contributed by atoms with E-state index in [-0.39, 0.29) is 11.9 Å². The lowest BCUT2D eigenvalue weighted by Gasteiger charge is -2.24. The zero-order chi connectivity index (χ0) is 12.5. The number of nitrogens with two attached hydrogens (primary N) is 1. The Morgan fingerprint density at radius 2 is 2.47 bits per heavy atom. The molecule has 2 heterocycles. The summed E-state index contributed by atoms with van der Waals surface area (Å²) in [5.41, 5.74) is 5.20. The van der Waals surface area contributed by atoms with Gasteiger partial charge in [-0.1, -0.05) is 18.3 Å². The number of rotatable bonds is 3. The number of hydrogen-bond acceptors (Lipinski definition) is 6. The predicted molar refractivity (Wildman–Crippen MR) is 64.8 cm³/mol. The summed E-state index contributed by atoms with van der Waals surface area (Å²) < 4.78 is 5.24. The largest absolute Gasteiger partial charge is 0.379 e. The van der Waals surface area contributed by atoms with Gasteiger partial charge in [-0.15, -0.1) is 10.2 Å². The molecule has 6 nitrogen and oxygen atoms in total. The van der Waals surface area contributed by atoms with Crippen molar-refractivity contribution in [1.29, 1.82) is 0 Å². The van der Waals surface area contributed by atoms with Crippen molar-refractivity contribution in [3.63, 3.8) is 0 Å². The van der Waals surface area contributed by atoms with E-state index in [4.69, 9.17) is 10.5 Å². The third kappa shape index (κ3) is 2.31. The Balaban J connectivity index is 2.06. The number of nitrogens with zero attached hydrogens (tertiary/aromatic N) is 2. The minimum Gasteiger partial charge on any atom is -0.379 e. The van der Waals surface area contributed by atoms with E-state index in [1.807, 2.05) is 13.8 Å². The first-order valence-electron chi connectivity index (χ1n) is 5.53. The zero-order valence-electron chi connectivity index (χ0n) is 9.90. The van der Waals surface area contributed by atoms with Crippen molar-refractivity contribution in [2.75, 3.05) is 18.5 Å². The molecule has 1 aliphatic heterocycles. The summed E-state index contributed by atoms with van der Waals surface area (Å²) in [4.78, 5) is 12.1. The second-order valence-corrected chi connectivity index (χ2v) is 5.41. The lowest BCUT2D eigenvalue weighted by atomic mass is 9.85. The van der Waals surface area contributed by atoms with E-state index in [0.717, 1.165) is 11.4 Å². The summed E-state index contributed by atoms with van der Waals surface area (Å²) in [7, 11) is 0. The normalized spacial score (nSPS) is 28.3. The highest BCUT2D eigenvalue weighted by Gasteiger charge is 2.44. The van der Waals surface area contributed by atoms with Crippen LogP contribution < -0.4 is 11.1 Å². The number of amides is 1. The van der Waals surface area contributed by atoms with Crippen LogP contribution >= 0.6 is 11.3 Å². The molecule has 7 heteroatoms. The Labute approximate surface area is 104 Å². The van der Waals surface area contributed by atoms with Crippen LogP contribution in [-0.4, -0.2) is 35.4 Å². The van der Waals surface area contributed by atoms with E-state index >= 15 is 0 Å². The van der Waals surface area contributed by atoms with Gasteiger partial charge in [0.2, 0.25) is 11.0 Å². The molecule has 1 aromatic heterocycles. The molecule has 3 N–H and O–H groups in total. The number of carbonyl (C=O) groups excluding carboxylic acids is 1. The Hall–Kier alpha value is -1.05. The lowest BCUT2D eigenvalue weighted by Crippen LogP contribution is -2.47. The van der Waals surface area contributed by atoms with E-state index in [1.165, 1.54) is 11.3 Å². The molecular formula is C10H16N4O2S. The smallest absolute Gasteiger partial charge is 0.236 e. The molecule has 0 bridgehead atoms. The number of ether oxygens (including phenoxy) is 1. The molecular weight excluding hydrogens is 240 g/mol. The fraction of sp³-hybridized carbons (Fsp3) is 0.700. The van der Waals surface area contributed by atoms with Gasteiger partial charge in [0, 0.05) is 6.04 Å². The topological polar surface area (TPSA) is 90.1 Å². The van der Waals surface area contributed by atoms with Crippen molar-refractivity contribution in [2.24, 2.45) is 11.1 Å². The molecule has 2 atom stereocenters. The van der Waals surface area contributed by atoms with Gasteiger partial charge in [-0.2, -0.15) is 0 Å². The number of anilines is 1. The first-order chi connectivity index (χ1) is 8.06. The van der Waals surface area contributed by atoms with E-state index in [0.29, 0.717) is 18.3 Å². The van der Waals surface area contributed by atoms with Gasteiger partial charge in [0.1, 0.15) is 5.01 Å². The minimum absolute atomic E-state index is 0.152. The van der Waals surface area contributed by atoms with Crippen LogP contribution in [0.25, 0.3) is 0 Å². The standard InChI is InChI=1S/C10H16N4O2S/c1-3-7-13-14-9(17-7)12-8(15)10(2)5-16-4-6(10)11/h6H,3-5,11H2,1-2H3,(H,12,14,15). The lowest BCUT2D eigenvalue weighted by molar-refractivity contribution is -0.125. The van der Waals surface area contributed by atoms with Crippen molar-refractivity contribution in [3.8, 4) is 0 Å². The quantitative estimate of drug-likeness (QED) is 0.817. The van der Waals surface area contributed by atoms with Crippen molar-refractivity contribution >= 4 is 22.4 Å². The number of carbonyl (C=O) groups is 1. The molecule has 0 aromatic carbocycles. The molecule has 17 heavy (non-hydrogen) atoms. The number of aromatic nitrogens is 2.